The maximum atomic E-state index is 10.6. The molecule has 1 aromatic rings. The van der Waals surface area contributed by atoms with Gasteiger partial charge in [0.05, 0.1) is 16.5 Å². The van der Waals surface area contributed by atoms with Gasteiger partial charge in [0.25, 0.3) is 0 Å². The molecule has 0 atom stereocenters. The quantitative estimate of drug-likeness (QED) is 0.593. The Kier molecular flexibility index (Phi) is 3.82. The minimum atomic E-state index is -1.00. The van der Waals surface area contributed by atoms with Crippen molar-refractivity contribution in [3.63, 3.8) is 0 Å². The van der Waals surface area contributed by atoms with E-state index in [1.807, 2.05) is 0 Å². The van der Waals surface area contributed by atoms with E-state index in [4.69, 9.17) is 28.3 Å². The van der Waals surface area contributed by atoms with Crippen LogP contribution in [0.25, 0.3) is 0 Å². The molecule has 1 rings (SSSR count). The van der Waals surface area contributed by atoms with Crippen molar-refractivity contribution in [3.05, 3.63) is 34.3 Å². The second-order valence-corrected chi connectivity index (χ2v) is 3.11. The molecule has 0 aliphatic rings. The third-order valence-electron chi connectivity index (χ3n) is 1.50. The van der Waals surface area contributed by atoms with Crippen molar-refractivity contribution in [1.29, 1.82) is 0 Å². The Morgan fingerprint density at radius 2 is 2.21 bits per heavy atom. The first-order chi connectivity index (χ1) is 6.65. The molecule has 0 aromatic heterocycles. The SMILES string of the molecule is O=C(O)c1ccc(Cl)c(C#CCCl)c1. The highest BCUT2D eigenvalue weighted by Gasteiger charge is 2.05. The second kappa shape index (κ2) is 4.90. The lowest BCUT2D eigenvalue weighted by Gasteiger charge is -1.97. The molecular formula is C10H6Cl2O2. The normalized spacial score (nSPS) is 9.00. The molecule has 0 saturated carbocycles. The van der Waals surface area contributed by atoms with Gasteiger partial charge in [-0.05, 0) is 18.2 Å². The topological polar surface area (TPSA) is 37.3 Å². The first-order valence-electron chi connectivity index (χ1n) is 3.73. The number of halogens is 2. The average molecular weight is 229 g/mol. The van der Waals surface area contributed by atoms with Crippen LogP contribution in [0, 0.1) is 11.8 Å². The summed E-state index contributed by atoms with van der Waals surface area (Å²) in [6, 6.07) is 4.35. The zero-order valence-electron chi connectivity index (χ0n) is 7.05. The van der Waals surface area contributed by atoms with E-state index in [9.17, 15) is 4.79 Å². The van der Waals surface area contributed by atoms with Gasteiger partial charge in [0.15, 0.2) is 0 Å². The number of rotatable bonds is 1. The Morgan fingerprint density at radius 3 is 2.79 bits per heavy atom. The molecule has 0 radical (unpaired) electrons. The number of benzene rings is 1. The van der Waals surface area contributed by atoms with Gasteiger partial charge in [-0.15, -0.1) is 11.6 Å². The molecule has 1 aromatic carbocycles. The fourth-order valence-corrected chi connectivity index (χ4v) is 1.11. The van der Waals surface area contributed by atoms with Crippen LogP contribution in [0.1, 0.15) is 15.9 Å². The van der Waals surface area contributed by atoms with Gasteiger partial charge in [0.1, 0.15) is 0 Å². The number of alkyl halides is 1. The van der Waals surface area contributed by atoms with Gasteiger partial charge in [-0.1, -0.05) is 23.4 Å². The fraction of sp³-hybridized carbons (Fsp3) is 0.100. The summed E-state index contributed by atoms with van der Waals surface area (Å²) in [6.45, 7) is 0. The third kappa shape index (κ3) is 2.66. The van der Waals surface area contributed by atoms with Crippen molar-refractivity contribution in [2.75, 3.05) is 5.88 Å². The summed E-state index contributed by atoms with van der Waals surface area (Å²) in [6.07, 6.45) is 0. The second-order valence-electron chi connectivity index (χ2n) is 2.44. The summed E-state index contributed by atoms with van der Waals surface area (Å²) in [7, 11) is 0. The molecule has 4 heteroatoms. The molecule has 2 nitrogen and oxygen atoms in total. The standard InChI is InChI=1S/C10H6Cl2O2/c11-5-1-2-7-6-8(10(13)14)3-4-9(7)12/h3-4,6H,5H2,(H,13,14). The largest absolute Gasteiger partial charge is 0.478 e. The van der Waals surface area contributed by atoms with Crippen molar-refractivity contribution < 1.29 is 9.90 Å². The minimum absolute atomic E-state index is 0.160. The smallest absolute Gasteiger partial charge is 0.335 e. The van der Waals surface area contributed by atoms with E-state index in [0.717, 1.165) is 0 Å². The van der Waals surface area contributed by atoms with Crippen molar-refractivity contribution in [2.24, 2.45) is 0 Å². The Bertz CT molecular complexity index is 416. The molecule has 1 N–H and O–H groups in total. The van der Waals surface area contributed by atoms with Gasteiger partial charge < -0.3 is 5.11 Å². The molecule has 14 heavy (non-hydrogen) atoms. The molecule has 0 bridgehead atoms. The first kappa shape index (κ1) is 10.9. The number of aromatic carboxylic acids is 1. The Labute approximate surface area is 91.5 Å². The monoisotopic (exact) mass is 228 g/mol. The van der Waals surface area contributed by atoms with E-state index in [1.54, 1.807) is 0 Å². The zero-order valence-corrected chi connectivity index (χ0v) is 8.56. The molecule has 72 valence electrons. The number of carbonyl (C=O) groups is 1. The molecule has 0 saturated heterocycles. The van der Waals surface area contributed by atoms with Crippen LogP contribution in [-0.2, 0) is 0 Å². The van der Waals surface area contributed by atoms with Gasteiger partial charge in [-0.3, -0.25) is 0 Å². The highest BCUT2D eigenvalue weighted by molar-refractivity contribution is 6.31. The van der Waals surface area contributed by atoms with Crippen LogP contribution in [-0.4, -0.2) is 17.0 Å². The number of carboxylic acid groups (broad SMARTS) is 1. The molecule has 0 unspecified atom stereocenters. The summed E-state index contributed by atoms with van der Waals surface area (Å²) in [5.41, 5.74) is 0.639. The van der Waals surface area contributed by atoms with E-state index in [-0.39, 0.29) is 11.4 Å². The average Bonchev–Trinajstić information content (AvgIpc) is 2.16. The predicted molar refractivity (Wildman–Crippen MR) is 56.0 cm³/mol. The summed E-state index contributed by atoms with van der Waals surface area (Å²) in [5.74, 6) is 4.47. The molecule has 0 aliphatic carbocycles. The maximum Gasteiger partial charge on any atom is 0.335 e. The fourth-order valence-electron chi connectivity index (χ4n) is 0.883. The minimum Gasteiger partial charge on any atom is -0.478 e. The van der Waals surface area contributed by atoms with E-state index in [0.29, 0.717) is 10.6 Å². The Morgan fingerprint density at radius 1 is 1.50 bits per heavy atom. The van der Waals surface area contributed by atoms with Crippen molar-refractivity contribution in [2.45, 2.75) is 0 Å². The Balaban J connectivity index is 3.14. The summed E-state index contributed by atoms with van der Waals surface area (Å²) >= 11 is 11.2. The van der Waals surface area contributed by atoms with Crippen molar-refractivity contribution >= 4 is 29.2 Å². The summed E-state index contributed by atoms with van der Waals surface area (Å²) < 4.78 is 0. The zero-order chi connectivity index (χ0) is 10.6. The molecule has 0 amide bonds. The molecule has 0 spiro atoms. The van der Waals surface area contributed by atoms with Crippen LogP contribution in [0.3, 0.4) is 0 Å². The molecule has 0 fully saturated rings. The van der Waals surface area contributed by atoms with Crippen LogP contribution in [0.5, 0.6) is 0 Å². The van der Waals surface area contributed by atoms with Gasteiger partial charge in [0.2, 0.25) is 0 Å². The van der Waals surface area contributed by atoms with Gasteiger partial charge in [-0.2, -0.15) is 0 Å². The van der Waals surface area contributed by atoms with Crippen molar-refractivity contribution in [3.8, 4) is 11.8 Å². The predicted octanol–water partition coefficient (Wildman–Crippen LogP) is 2.63. The molecule has 0 heterocycles. The third-order valence-corrected chi connectivity index (χ3v) is 1.97. The van der Waals surface area contributed by atoms with Crippen LogP contribution >= 0.6 is 23.2 Å². The lowest BCUT2D eigenvalue weighted by atomic mass is 10.1. The van der Waals surface area contributed by atoms with Crippen LogP contribution < -0.4 is 0 Å². The Hall–Kier alpha value is -1.17. The van der Waals surface area contributed by atoms with E-state index >= 15 is 0 Å². The van der Waals surface area contributed by atoms with Crippen LogP contribution in [0.4, 0.5) is 0 Å². The first-order valence-corrected chi connectivity index (χ1v) is 4.64. The highest BCUT2D eigenvalue weighted by Crippen LogP contribution is 2.16. The van der Waals surface area contributed by atoms with Crippen molar-refractivity contribution in [1.82, 2.24) is 0 Å². The van der Waals surface area contributed by atoms with E-state index < -0.39 is 5.97 Å². The van der Waals surface area contributed by atoms with Crippen LogP contribution in [0.2, 0.25) is 5.02 Å². The van der Waals surface area contributed by atoms with Gasteiger partial charge in [0, 0.05) is 5.56 Å². The lowest BCUT2D eigenvalue weighted by molar-refractivity contribution is 0.0697. The number of hydrogen-bond donors (Lipinski definition) is 1. The number of hydrogen-bond acceptors (Lipinski definition) is 1. The van der Waals surface area contributed by atoms with Gasteiger partial charge in [-0.25, -0.2) is 4.79 Å². The highest BCUT2D eigenvalue weighted by atomic mass is 35.5. The number of carboxylic acids is 1. The van der Waals surface area contributed by atoms with E-state index in [2.05, 4.69) is 11.8 Å². The van der Waals surface area contributed by atoms with Crippen LogP contribution in [0.15, 0.2) is 18.2 Å². The van der Waals surface area contributed by atoms with Gasteiger partial charge >= 0.3 is 5.97 Å². The molecule has 0 aliphatic heterocycles. The maximum absolute atomic E-state index is 10.6. The molecular weight excluding hydrogens is 223 g/mol. The summed E-state index contributed by atoms with van der Waals surface area (Å²) in [5, 5.41) is 9.13. The summed E-state index contributed by atoms with van der Waals surface area (Å²) in [4.78, 5) is 10.6. The van der Waals surface area contributed by atoms with E-state index in [1.165, 1.54) is 18.2 Å². The lowest BCUT2D eigenvalue weighted by Crippen LogP contribution is -1.96.